The molecule has 3 aromatic rings. The Morgan fingerprint density at radius 2 is 1.58 bits per heavy atom. The average molecular weight is 467 g/mol. The number of amides is 1. The van der Waals surface area contributed by atoms with Crippen molar-refractivity contribution in [2.24, 2.45) is 0 Å². The molecule has 0 unspecified atom stereocenters. The smallest absolute Gasteiger partial charge is 0.236 e. The van der Waals surface area contributed by atoms with E-state index in [1.54, 1.807) is 29.2 Å². The van der Waals surface area contributed by atoms with Gasteiger partial charge in [-0.1, -0.05) is 30.3 Å². The van der Waals surface area contributed by atoms with Gasteiger partial charge in [-0.25, -0.2) is 8.42 Å². The molecule has 33 heavy (non-hydrogen) atoms. The third-order valence-electron chi connectivity index (χ3n) is 5.50. The molecule has 0 bridgehead atoms. The van der Waals surface area contributed by atoms with Gasteiger partial charge in [-0.2, -0.15) is 0 Å². The van der Waals surface area contributed by atoms with Gasteiger partial charge in [0.25, 0.3) is 0 Å². The summed E-state index contributed by atoms with van der Waals surface area (Å²) in [5.41, 5.74) is 3.82. The molecule has 1 aliphatic heterocycles. The minimum absolute atomic E-state index is 0.0617. The van der Waals surface area contributed by atoms with E-state index >= 15 is 0 Å². The molecular formula is C25H26N2O5S. The van der Waals surface area contributed by atoms with Crippen molar-refractivity contribution in [1.29, 1.82) is 0 Å². The van der Waals surface area contributed by atoms with Crippen LogP contribution in [0.5, 0.6) is 11.5 Å². The van der Waals surface area contributed by atoms with Crippen molar-refractivity contribution < 1.29 is 22.7 Å². The molecule has 0 aromatic heterocycles. The molecule has 4 rings (SSSR count). The van der Waals surface area contributed by atoms with E-state index in [-0.39, 0.29) is 11.7 Å². The molecule has 1 amide bonds. The number of carbonyl (C=O) groups is 1. The molecule has 0 radical (unpaired) electrons. The van der Waals surface area contributed by atoms with Crippen LogP contribution in [-0.2, 0) is 33.5 Å². The van der Waals surface area contributed by atoms with E-state index in [1.807, 2.05) is 42.5 Å². The first kappa shape index (κ1) is 22.7. The van der Waals surface area contributed by atoms with E-state index in [0.717, 1.165) is 16.8 Å². The fraction of sp³-hybridized carbons (Fsp3) is 0.240. The number of hydrogen-bond donors (Lipinski definition) is 1. The van der Waals surface area contributed by atoms with Crippen LogP contribution >= 0.6 is 0 Å². The summed E-state index contributed by atoms with van der Waals surface area (Å²) in [5.74, 6) is 0.885. The van der Waals surface area contributed by atoms with Gasteiger partial charge in [0.15, 0.2) is 0 Å². The highest BCUT2D eigenvalue weighted by molar-refractivity contribution is 7.91. The van der Waals surface area contributed by atoms with Crippen LogP contribution in [0, 0.1) is 0 Å². The summed E-state index contributed by atoms with van der Waals surface area (Å²) in [7, 11) is -0.642. The van der Waals surface area contributed by atoms with Crippen molar-refractivity contribution in [1.82, 2.24) is 0 Å². The third kappa shape index (κ3) is 5.46. The molecule has 0 atom stereocenters. The molecule has 8 heteroatoms. The molecule has 172 valence electrons. The molecule has 0 saturated heterocycles. The van der Waals surface area contributed by atoms with Gasteiger partial charge < -0.3 is 14.4 Å². The number of hydrogen-bond acceptors (Lipinski definition) is 5. The fourth-order valence-corrected chi connectivity index (χ4v) is 5.11. The largest absolute Gasteiger partial charge is 0.497 e. The second-order valence-electron chi connectivity index (χ2n) is 7.89. The highest BCUT2D eigenvalue weighted by Crippen LogP contribution is 2.32. The summed E-state index contributed by atoms with van der Waals surface area (Å²) in [6.45, 7) is 0.482. The van der Waals surface area contributed by atoms with Crippen LogP contribution in [0.25, 0.3) is 0 Å². The van der Waals surface area contributed by atoms with E-state index < -0.39 is 10.0 Å². The first-order valence-electron chi connectivity index (χ1n) is 10.6. The first-order valence-corrected chi connectivity index (χ1v) is 12.2. The molecule has 3 aromatic carbocycles. The summed E-state index contributed by atoms with van der Waals surface area (Å²) in [6.07, 6.45) is 0.960. The zero-order chi connectivity index (χ0) is 23.4. The van der Waals surface area contributed by atoms with Crippen LogP contribution in [0.3, 0.4) is 0 Å². The minimum Gasteiger partial charge on any atom is -0.497 e. The predicted octanol–water partition coefficient (Wildman–Crippen LogP) is 4.13. The Hall–Kier alpha value is -3.52. The van der Waals surface area contributed by atoms with Crippen LogP contribution in [0.15, 0.2) is 66.7 Å². The zero-order valence-corrected chi connectivity index (χ0v) is 19.4. The molecule has 0 saturated carbocycles. The van der Waals surface area contributed by atoms with Crippen LogP contribution in [0.2, 0.25) is 0 Å². The molecular weight excluding hydrogens is 440 g/mol. The summed E-state index contributed by atoms with van der Waals surface area (Å²) in [6, 6.07) is 20.1. The first-order chi connectivity index (χ1) is 15.9. The summed E-state index contributed by atoms with van der Waals surface area (Å²) < 4.78 is 38.8. The van der Waals surface area contributed by atoms with Crippen molar-refractivity contribution in [2.45, 2.75) is 25.1 Å². The number of nitrogens with one attached hydrogen (secondary N) is 1. The number of rotatable bonds is 8. The maximum Gasteiger partial charge on any atom is 0.236 e. The zero-order valence-electron chi connectivity index (χ0n) is 18.6. The Kier molecular flexibility index (Phi) is 6.55. The van der Waals surface area contributed by atoms with Crippen molar-refractivity contribution in [3.8, 4) is 11.5 Å². The molecule has 1 aliphatic rings. The Bertz CT molecular complexity index is 1240. The maximum atomic E-state index is 12.8. The van der Waals surface area contributed by atoms with Gasteiger partial charge in [0.05, 0.1) is 26.5 Å². The number of methoxy groups -OCH3 is 2. The SMILES string of the molecule is COc1cc(CS(=O)(=O)Nc2ccc3c(c2)CCC(=O)N3Cc2ccccc2)cc(OC)c1. The molecule has 1 heterocycles. The Balaban J connectivity index is 1.53. The average Bonchev–Trinajstić information content (AvgIpc) is 2.80. The fourth-order valence-electron chi connectivity index (χ4n) is 3.95. The number of aryl methyl sites for hydroxylation is 1. The number of benzene rings is 3. The van der Waals surface area contributed by atoms with Gasteiger partial charge in [-0.3, -0.25) is 9.52 Å². The van der Waals surface area contributed by atoms with Crippen LogP contribution in [0.4, 0.5) is 11.4 Å². The number of ether oxygens (including phenoxy) is 2. The Morgan fingerprint density at radius 1 is 0.879 bits per heavy atom. The molecule has 1 N–H and O–H groups in total. The topological polar surface area (TPSA) is 84.9 Å². The van der Waals surface area contributed by atoms with Crippen molar-refractivity contribution in [3.63, 3.8) is 0 Å². The van der Waals surface area contributed by atoms with E-state index in [9.17, 15) is 13.2 Å². The summed E-state index contributed by atoms with van der Waals surface area (Å²) in [5, 5.41) is 0. The lowest BCUT2D eigenvalue weighted by atomic mass is 10.00. The van der Waals surface area contributed by atoms with Gasteiger partial charge in [0.1, 0.15) is 11.5 Å². The number of carbonyl (C=O) groups excluding carboxylic acids is 1. The molecule has 0 aliphatic carbocycles. The molecule has 7 nitrogen and oxygen atoms in total. The van der Waals surface area contributed by atoms with Crippen molar-refractivity contribution >= 4 is 27.3 Å². The van der Waals surface area contributed by atoms with Crippen LogP contribution in [-0.4, -0.2) is 28.5 Å². The van der Waals surface area contributed by atoms with Gasteiger partial charge in [0.2, 0.25) is 15.9 Å². The highest BCUT2D eigenvalue weighted by Gasteiger charge is 2.25. The van der Waals surface area contributed by atoms with Crippen LogP contribution in [0.1, 0.15) is 23.1 Å². The van der Waals surface area contributed by atoms with E-state index in [4.69, 9.17) is 9.47 Å². The quantitative estimate of drug-likeness (QED) is 0.540. The second kappa shape index (κ2) is 9.54. The van der Waals surface area contributed by atoms with Crippen LogP contribution < -0.4 is 19.1 Å². The van der Waals surface area contributed by atoms with Gasteiger partial charge in [-0.05, 0) is 53.4 Å². The lowest BCUT2D eigenvalue weighted by molar-refractivity contribution is -0.119. The second-order valence-corrected chi connectivity index (χ2v) is 9.61. The molecule has 0 fully saturated rings. The normalized spacial score (nSPS) is 13.4. The van der Waals surface area contributed by atoms with Crippen molar-refractivity contribution in [3.05, 3.63) is 83.4 Å². The lowest BCUT2D eigenvalue weighted by Gasteiger charge is -2.30. The number of sulfonamides is 1. The Morgan fingerprint density at radius 3 is 2.24 bits per heavy atom. The monoisotopic (exact) mass is 466 g/mol. The number of nitrogens with zero attached hydrogens (tertiary/aromatic N) is 1. The number of anilines is 2. The van der Waals surface area contributed by atoms with Gasteiger partial charge >= 0.3 is 0 Å². The minimum atomic E-state index is -3.68. The third-order valence-corrected chi connectivity index (χ3v) is 6.76. The summed E-state index contributed by atoms with van der Waals surface area (Å²) >= 11 is 0. The number of fused-ring (bicyclic) bond motifs is 1. The van der Waals surface area contributed by atoms with E-state index in [0.29, 0.717) is 42.1 Å². The van der Waals surface area contributed by atoms with Gasteiger partial charge in [-0.15, -0.1) is 0 Å². The standard InChI is InChI=1S/C25H26N2O5S/c1-31-22-12-19(13-23(15-22)32-2)17-33(29,30)26-21-9-10-24-20(14-21)8-11-25(28)27(24)16-18-6-4-3-5-7-18/h3-7,9-10,12-15,26H,8,11,16-17H2,1-2H3. The molecule has 0 spiro atoms. The van der Waals surface area contributed by atoms with Crippen molar-refractivity contribution in [2.75, 3.05) is 23.8 Å². The van der Waals surface area contributed by atoms with E-state index in [2.05, 4.69) is 4.72 Å². The predicted molar refractivity (Wildman–Crippen MR) is 128 cm³/mol. The lowest BCUT2D eigenvalue weighted by Crippen LogP contribution is -2.34. The van der Waals surface area contributed by atoms with E-state index in [1.165, 1.54) is 14.2 Å². The summed E-state index contributed by atoms with van der Waals surface area (Å²) in [4.78, 5) is 14.3. The maximum absolute atomic E-state index is 12.8. The Labute approximate surface area is 194 Å². The highest BCUT2D eigenvalue weighted by atomic mass is 32.2. The van der Waals surface area contributed by atoms with Gasteiger partial charge in [0, 0.05) is 23.9 Å².